The van der Waals surface area contributed by atoms with Gasteiger partial charge in [0.15, 0.2) is 0 Å². The van der Waals surface area contributed by atoms with E-state index in [0.29, 0.717) is 0 Å². The maximum absolute atomic E-state index is 5.70. The molecule has 0 spiro atoms. The fourth-order valence-electron chi connectivity index (χ4n) is 3.05. The Kier molecular flexibility index (Phi) is 3.45. The lowest BCUT2D eigenvalue weighted by Crippen LogP contribution is -2.24. The highest BCUT2D eigenvalue weighted by Gasteiger charge is 2.28. The minimum atomic E-state index is 0.193. The predicted molar refractivity (Wildman–Crippen MR) is 76.9 cm³/mol. The first-order valence-corrected chi connectivity index (χ1v) is 7.28. The maximum Gasteiger partial charge on any atom is 0.138 e. The second-order valence-electron chi connectivity index (χ2n) is 5.90. The van der Waals surface area contributed by atoms with E-state index in [1.807, 2.05) is 20.0 Å². The molecule has 0 N–H and O–H groups in total. The van der Waals surface area contributed by atoms with Crippen LogP contribution in [0.2, 0.25) is 0 Å². The molecule has 1 atom stereocenters. The van der Waals surface area contributed by atoms with Crippen molar-refractivity contribution in [3.05, 3.63) is 29.7 Å². The summed E-state index contributed by atoms with van der Waals surface area (Å²) in [4.78, 5) is 6.81. The molecule has 3 heterocycles. The Morgan fingerprint density at radius 3 is 3.11 bits per heavy atom. The van der Waals surface area contributed by atoms with Gasteiger partial charge >= 0.3 is 0 Å². The molecule has 2 aliphatic heterocycles. The number of allylic oxidation sites excluding steroid dienone is 1. The van der Waals surface area contributed by atoms with Crippen LogP contribution in [0.15, 0.2) is 24.2 Å². The van der Waals surface area contributed by atoms with Crippen LogP contribution in [-0.2, 0) is 0 Å². The van der Waals surface area contributed by atoms with Gasteiger partial charge in [0, 0.05) is 25.0 Å². The van der Waals surface area contributed by atoms with Crippen LogP contribution in [0, 0.1) is 5.92 Å². The molecule has 1 aromatic rings. The Hall–Kier alpha value is -1.51. The minimum Gasteiger partial charge on any atom is -0.489 e. The van der Waals surface area contributed by atoms with Crippen molar-refractivity contribution in [1.82, 2.24) is 9.88 Å². The standard InChI is InChI=1S/C16H22N2O/c1-12(2)19-16-8-14(9-17-10-16)7-15-4-3-13-5-6-18(15)11-13/h7-10,12-13H,3-6,11H2,1-2H3/b15-7+. The van der Waals surface area contributed by atoms with Gasteiger partial charge in [-0.05, 0) is 56.7 Å². The number of rotatable bonds is 3. The van der Waals surface area contributed by atoms with E-state index >= 15 is 0 Å². The molecule has 2 fully saturated rings. The van der Waals surface area contributed by atoms with Gasteiger partial charge in [-0.15, -0.1) is 0 Å². The van der Waals surface area contributed by atoms with E-state index in [2.05, 4.69) is 22.0 Å². The molecular weight excluding hydrogens is 236 g/mol. The van der Waals surface area contributed by atoms with E-state index in [1.54, 1.807) is 6.20 Å². The summed E-state index contributed by atoms with van der Waals surface area (Å²) in [6.07, 6.45) is 10.1. The van der Waals surface area contributed by atoms with Gasteiger partial charge in [-0.3, -0.25) is 4.98 Å². The number of fused-ring (bicyclic) bond motifs is 2. The van der Waals surface area contributed by atoms with Crippen molar-refractivity contribution >= 4 is 6.08 Å². The summed E-state index contributed by atoms with van der Waals surface area (Å²) in [6.45, 7) is 6.56. The lowest BCUT2D eigenvalue weighted by Gasteiger charge is -2.27. The van der Waals surface area contributed by atoms with Crippen molar-refractivity contribution in [3.8, 4) is 5.75 Å². The fraction of sp³-hybridized carbons (Fsp3) is 0.562. The Morgan fingerprint density at radius 2 is 2.26 bits per heavy atom. The predicted octanol–water partition coefficient (Wildman–Crippen LogP) is 3.33. The molecule has 2 saturated heterocycles. The molecule has 1 aromatic heterocycles. The van der Waals surface area contributed by atoms with Gasteiger partial charge in [-0.1, -0.05) is 0 Å². The zero-order valence-corrected chi connectivity index (χ0v) is 11.8. The minimum absolute atomic E-state index is 0.193. The first-order valence-electron chi connectivity index (χ1n) is 7.28. The zero-order chi connectivity index (χ0) is 13.2. The quantitative estimate of drug-likeness (QED) is 0.831. The highest BCUT2D eigenvalue weighted by Crippen LogP contribution is 2.34. The van der Waals surface area contributed by atoms with Crippen LogP contribution in [0.1, 0.15) is 38.7 Å². The Balaban J connectivity index is 1.78. The van der Waals surface area contributed by atoms with Gasteiger partial charge in [-0.2, -0.15) is 0 Å². The van der Waals surface area contributed by atoms with E-state index in [0.717, 1.165) is 17.2 Å². The van der Waals surface area contributed by atoms with Crippen molar-refractivity contribution in [2.45, 2.75) is 39.2 Å². The number of nitrogens with zero attached hydrogens (tertiary/aromatic N) is 2. The van der Waals surface area contributed by atoms with Gasteiger partial charge in [0.2, 0.25) is 0 Å². The first kappa shape index (κ1) is 12.5. The van der Waals surface area contributed by atoms with Crippen molar-refractivity contribution in [3.63, 3.8) is 0 Å². The third-order valence-corrected chi connectivity index (χ3v) is 3.94. The third-order valence-electron chi connectivity index (χ3n) is 3.94. The number of hydrogen-bond acceptors (Lipinski definition) is 3. The second kappa shape index (κ2) is 5.24. The zero-order valence-electron chi connectivity index (χ0n) is 11.8. The average molecular weight is 258 g/mol. The van der Waals surface area contributed by atoms with E-state index in [4.69, 9.17) is 4.74 Å². The van der Waals surface area contributed by atoms with E-state index in [9.17, 15) is 0 Å². The first-order chi connectivity index (χ1) is 9.20. The summed E-state index contributed by atoms with van der Waals surface area (Å²) in [5, 5.41) is 0. The van der Waals surface area contributed by atoms with Gasteiger partial charge in [-0.25, -0.2) is 0 Å². The molecule has 19 heavy (non-hydrogen) atoms. The lowest BCUT2D eigenvalue weighted by molar-refractivity contribution is 0.241. The van der Waals surface area contributed by atoms with Gasteiger partial charge in [0.25, 0.3) is 0 Å². The molecule has 3 heteroatoms. The molecule has 0 amide bonds. The molecule has 3 rings (SSSR count). The van der Waals surface area contributed by atoms with Crippen LogP contribution in [-0.4, -0.2) is 29.1 Å². The maximum atomic E-state index is 5.70. The Bertz CT molecular complexity index is 481. The second-order valence-corrected chi connectivity index (χ2v) is 5.90. The number of ether oxygens (including phenoxy) is 1. The SMILES string of the molecule is CC(C)Oc1cncc(/C=C2\CCC3CCN2C3)c1. The van der Waals surface area contributed by atoms with Crippen molar-refractivity contribution in [1.29, 1.82) is 0 Å². The van der Waals surface area contributed by atoms with Crippen LogP contribution >= 0.6 is 0 Å². The van der Waals surface area contributed by atoms with Crippen molar-refractivity contribution in [2.24, 2.45) is 5.92 Å². The molecule has 0 aromatic carbocycles. The van der Waals surface area contributed by atoms with Crippen LogP contribution < -0.4 is 4.74 Å². The highest BCUT2D eigenvalue weighted by molar-refractivity contribution is 5.53. The Labute approximate surface area is 115 Å². The number of pyridine rings is 1. The highest BCUT2D eigenvalue weighted by atomic mass is 16.5. The largest absolute Gasteiger partial charge is 0.489 e. The summed E-state index contributed by atoms with van der Waals surface area (Å²) in [5.41, 5.74) is 2.62. The van der Waals surface area contributed by atoms with Gasteiger partial charge < -0.3 is 9.64 Å². The average Bonchev–Trinajstić information content (AvgIpc) is 2.76. The summed E-state index contributed by atoms with van der Waals surface area (Å²) in [6, 6.07) is 2.09. The lowest BCUT2D eigenvalue weighted by atomic mass is 9.98. The molecule has 2 bridgehead atoms. The topological polar surface area (TPSA) is 25.4 Å². The molecule has 3 nitrogen and oxygen atoms in total. The molecule has 102 valence electrons. The normalized spacial score (nSPS) is 24.3. The summed E-state index contributed by atoms with van der Waals surface area (Å²) < 4.78 is 5.70. The van der Waals surface area contributed by atoms with Crippen LogP contribution in [0.25, 0.3) is 6.08 Å². The van der Waals surface area contributed by atoms with Crippen LogP contribution in [0.5, 0.6) is 5.75 Å². The van der Waals surface area contributed by atoms with Crippen molar-refractivity contribution in [2.75, 3.05) is 13.1 Å². The monoisotopic (exact) mass is 258 g/mol. The summed E-state index contributed by atoms with van der Waals surface area (Å²) in [5.74, 6) is 1.80. The molecule has 0 radical (unpaired) electrons. The third kappa shape index (κ3) is 2.91. The molecule has 0 aliphatic carbocycles. The van der Waals surface area contributed by atoms with Gasteiger partial charge in [0.05, 0.1) is 12.3 Å². The van der Waals surface area contributed by atoms with E-state index in [1.165, 1.54) is 38.0 Å². The number of aromatic nitrogens is 1. The van der Waals surface area contributed by atoms with Crippen molar-refractivity contribution < 1.29 is 4.74 Å². The molecule has 0 saturated carbocycles. The summed E-state index contributed by atoms with van der Waals surface area (Å²) >= 11 is 0. The molecular formula is C16H22N2O. The smallest absolute Gasteiger partial charge is 0.138 e. The number of piperidine rings is 1. The van der Waals surface area contributed by atoms with Crippen LogP contribution in [0.4, 0.5) is 0 Å². The van der Waals surface area contributed by atoms with Crippen LogP contribution in [0.3, 0.4) is 0 Å². The fourth-order valence-corrected chi connectivity index (χ4v) is 3.05. The van der Waals surface area contributed by atoms with Gasteiger partial charge in [0.1, 0.15) is 5.75 Å². The van der Waals surface area contributed by atoms with E-state index < -0.39 is 0 Å². The molecule has 1 unspecified atom stereocenters. The number of hydrogen-bond donors (Lipinski definition) is 0. The molecule has 2 aliphatic rings. The Morgan fingerprint density at radius 1 is 1.37 bits per heavy atom. The van der Waals surface area contributed by atoms with E-state index in [-0.39, 0.29) is 6.10 Å². The summed E-state index contributed by atoms with van der Waals surface area (Å²) in [7, 11) is 0.